The van der Waals surface area contributed by atoms with E-state index in [4.69, 9.17) is 10.8 Å². The van der Waals surface area contributed by atoms with Crippen molar-refractivity contribution in [3.63, 3.8) is 0 Å². The first-order valence-corrected chi connectivity index (χ1v) is 5.47. The molecular weight excluding hydrogens is 242 g/mol. The Balaban J connectivity index is 2.22. The zero-order chi connectivity index (χ0) is 13.7. The van der Waals surface area contributed by atoms with Crippen LogP contribution in [-0.4, -0.2) is 16.2 Å². The van der Waals surface area contributed by atoms with E-state index in [1.165, 1.54) is 0 Å². The van der Waals surface area contributed by atoms with Crippen molar-refractivity contribution >= 4 is 17.5 Å². The first-order valence-electron chi connectivity index (χ1n) is 5.47. The minimum absolute atomic E-state index is 0.329. The Hall–Kier alpha value is -3.00. The summed E-state index contributed by atoms with van der Waals surface area (Å²) in [6.07, 6.45) is 0.511. The van der Waals surface area contributed by atoms with Crippen molar-refractivity contribution in [1.29, 1.82) is 0 Å². The average molecular weight is 253 g/mol. The Morgan fingerprint density at radius 1 is 1.26 bits per heavy atom. The van der Waals surface area contributed by atoms with E-state index in [1.807, 2.05) is 12.1 Å². The molecule has 5 nitrogen and oxygen atoms in total. The monoisotopic (exact) mass is 253 g/mol. The van der Waals surface area contributed by atoms with Gasteiger partial charge in [0.2, 0.25) is 0 Å². The Kier molecular flexibility index (Phi) is 3.64. The van der Waals surface area contributed by atoms with Crippen LogP contribution in [0.4, 0.5) is 16.2 Å². The number of nitrogens with one attached hydrogen (secondary N) is 1. The highest BCUT2D eigenvalue weighted by Gasteiger charge is 2.02. The second-order valence-electron chi connectivity index (χ2n) is 3.70. The third kappa shape index (κ3) is 3.48. The van der Waals surface area contributed by atoms with Crippen molar-refractivity contribution in [3.8, 4) is 11.8 Å². The number of nitrogens with two attached hydrogens (primary N) is 1. The molecule has 1 aromatic carbocycles. The molecule has 1 aromatic heterocycles. The van der Waals surface area contributed by atoms with E-state index in [0.717, 1.165) is 0 Å². The lowest BCUT2D eigenvalue weighted by molar-refractivity contribution is 0.210. The summed E-state index contributed by atoms with van der Waals surface area (Å²) >= 11 is 0. The molecule has 0 saturated heterocycles. The molecule has 19 heavy (non-hydrogen) atoms. The van der Waals surface area contributed by atoms with E-state index in [-0.39, 0.29) is 0 Å². The molecule has 0 spiro atoms. The van der Waals surface area contributed by atoms with Crippen molar-refractivity contribution in [2.24, 2.45) is 0 Å². The summed E-state index contributed by atoms with van der Waals surface area (Å²) in [5, 5.41) is 10.8. The number of hydrogen-bond acceptors (Lipinski definition) is 3. The molecule has 0 unspecified atom stereocenters. The van der Waals surface area contributed by atoms with Gasteiger partial charge in [-0.3, -0.25) is 5.32 Å². The maximum atomic E-state index is 10.5. The van der Waals surface area contributed by atoms with E-state index < -0.39 is 6.09 Å². The summed E-state index contributed by atoms with van der Waals surface area (Å²) < 4.78 is 0. The van der Waals surface area contributed by atoms with Crippen LogP contribution in [0.15, 0.2) is 42.6 Å². The molecule has 1 heterocycles. The van der Waals surface area contributed by atoms with Crippen LogP contribution in [-0.2, 0) is 0 Å². The fourth-order valence-electron chi connectivity index (χ4n) is 1.44. The van der Waals surface area contributed by atoms with E-state index in [1.54, 1.807) is 30.5 Å². The quantitative estimate of drug-likeness (QED) is 0.536. The van der Waals surface area contributed by atoms with Crippen LogP contribution in [0.2, 0.25) is 0 Å². The number of pyridine rings is 1. The second-order valence-corrected chi connectivity index (χ2v) is 3.70. The number of nitrogen functional groups attached to an aromatic ring is 1. The first-order chi connectivity index (χ1) is 9.15. The lowest BCUT2D eigenvalue weighted by atomic mass is 10.1. The summed E-state index contributed by atoms with van der Waals surface area (Å²) in [6.45, 7) is 0. The van der Waals surface area contributed by atoms with Gasteiger partial charge in [-0.25, -0.2) is 9.78 Å². The van der Waals surface area contributed by atoms with Crippen LogP contribution >= 0.6 is 0 Å². The van der Waals surface area contributed by atoms with Gasteiger partial charge in [0.15, 0.2) is 0 Å². The molecule has 1 amide bonds. The molecule has 5 heteroatoms. The van der Waals surface area contributed by atoms with E-state index in [9.17, 15) is 4.79 Å². The number of nitrogens with zero attached hydrogens (tertiary/aromatic N) is 1. The van der Waals surface area contributed by atoms with Crippen molar-refractivity contribution in [3.05, 3.63) is 53.9 Å². The van der Waals surface area contributed by atoms with Gasteiger partial charge in [0.25, 0.3) is 0 Å². The van der Waals surface area contributed by atoms with Crippen molar-refractivity contribution in [1.82, 2.24) is 4.98 Å². The SMILES string of the molecule is Nc1cc(C#Cc2ccccn2)ccc1NC(=O)O. The van der Waals surface area contributed by atoms with Gasteiger partial charge in [-0.15, -0.1) is 0 Å². The minimum Gasteiger partial charge on any atom is -0.465 e. The van der Waals surface area contributed by atoms with Crippen LogP contribution in [0.5, 0.6) is 0 Å². The standard InChI is InChI=1S/C14H11N3O2/c15-12-9-10(5-7-13(12)17-14(18)19)4-6-11-3-1-2-8-16-11/h1-3,5,7-9,17H,15H2,(H,18,19). The van der Waals surface area contributed by atoms with Crippen LogP contribution < -0.4 is 11.1 Å². The Morgan fingerprint density at radius 3 is 2.74 bits per heavy atom. The van der Waals surface area contributed by atoms with Crippen LogP contribution in [0.25, 0.3) is 0 Å². The second kappa shape index (κ2) is 5.56. The maximum absolute atomic E-state index is 10.5. The third-order valence-electron chi connectivity index (χ3n) is 2.29. The summed E-state index contributed by atoms with van der Waals surface area (Å²) in [5.41, 5.74) is 7.76. The molecular formula is C14H11N3O2. The number of benzene rings is 1. The maximum Gasteiger partial charge on any atom is 0.409 e. The normalized spacial score (nSPS) is 9.26. The van der Waals surface area contributed by atoms with Gasteiger partial charge in [0.05, 0.1) is 11.4 Å². The van der Waals surface area contributed by atoms with Crippen molar-refractivity contribution in [2.45, 2.75) is 0 Å². The van der Waals surface area contributed by atoms with Crippen LogP contribution in [0.1, 0.15) is 11.3 Å². The first kappa shape index (κ1) is 12.5. The smallest absolute Gasteiger partial charge is 0.409 e. The zero-order valence-corrected chi connectivity index (χ0v) is 9.92. The van der Waals surface area contributed by atoms with Crippen LogP contribution in [0, 0.1) is 11.8 Å². The van der Waals surface area contributed by atoms with Crippen molar-refractivity contribution < 1.29 is 9.90 Å². The number of amides is 1. The molecule has 2 rings (SSSR count). The summed E-state index contributed by atoms with van der Waals surface area (Å²) in [5.74, 6) is 5.81. The molecule has 0 aliphatic rings. The van der Waals surface area contributed by atoms with Crippen LogP contribution in [0.3, 0.4) is 0 Å². The summed E-state index contributed by atoms with van der Waals surface area (Å²) in [4.78, 5) is 14.6. The van der Waals surface area contributed by atoms with E-state index in [2.05, 4.69) is 22.1 Å². The Labute approximate surface area is 110 Å². The highest BCUT2D eigenvalue weighted by atomic mass is 16.4. The van der Waals surface area contributed by atoms with Gasteiger partial charge >= 0.3 is 6.09 Å². The lowest BCUT2D eigenvalue weighted by Crippen LogP contribution is -2.09. The topological polar surface area (TPSA) is 88.2 Å². The lowest BCUT2D eigenvalue weighted by Gasteiger charge is -2.04. The fourth-order valence-corrected chi connectivity index (χ4v) is 1.44. The largest absolute Gasteiger partial charge is 0.465 e. The third-order valence-corrected chi connectivity index (χ3v) is 2.29. The molecule has 0 saturated carbocycles. The molecule has 0 aliphatic heterocycles. The molecule has 0 radical (unpaired) electrons. The zero-order valence-electron chi connectivity index (χ0n) is 9.92. The number of anilines is 2. The van der Waals surface area contributed by atoms with Crippen molar-refractivity contribution in [2.75, 3.05) is 11.1 Å². The van der Waals surface area contributed by atoms with Gasteiger partial charge in [-0.1, -0.05) is 12.0 Å². The van der Waals surface area contributed by atoms with E-state index in [0.29, 0.717) is 22.6 Å². The fraction of sp³-hybridized carbons (Fsp3) is 0. The highest BCUT2D eigenvalue weighted by molar-refractivity contribution is 5.87. The average Bonchev–Trinajstić information content (AvgIpc) is 2.40. The molecule has 0 atom stereocenters. The van der Waals surface area contributed by atoms with Gasteiger partial charge < -0.3 is 10.8 Å². The molecule has 4 N–H and O–H groups in total. The number of carboxylic acid groups (broad SMARTS) is 1. The Bertz CT molecular complexity index is 657. The van der Waals surface area contributed by atoms with Gasteiger partial charge in [0.1, 0.15) is 5.69 Å². The molecule has 94 valence electrons. The number of rotatable bonds is 1. The molecule has 0 aliphatic carbocycles. The number of aromatic nitrogens is 1. The number of hydrogen-bond donors (Lipinski definition) is 3. The van der Waals surface area contributed by atoms with Gasteiger partial charge in [-0.05, 0) is 36.3 Å². The highest BCUT2D eigenvalue weighted by Crippen LogP contribution is 2.19. The summed E-state index contributed by atoms with van der Waals surface area (Å²) in [6, 6.07) is 10.3. The van der Waals surface area contributed by atoms with E-state index >= 15 is 0 Å². The minimum atomic E-state index is -1.15. The Morgan fingerprint density at radius 2 is 2.11 bits per heavy atom. The predicted molar refractivity (Wildman–Crippen MR) is 72.7 cm³/mol. The van der Waals surface area contributed by atoms with Gasteiger partial charge in [-0.2, -0.15) is 0 Å². The molecule has 2 aromatic rings. The van der Waals surface area contributed by atoms with Gasteiger partial charge in [0, 0.05) is 11.8 Å². The molecule has 0 fully saturated rings. The number of carbonyl (C=O) groups is 1. The molecule has 0 bridgehead atoms. The predicted octanol–water partition coefficient (Wildman–Crippen LogP) is 2.15. The summed E-state index contributed by atoms with van der Waals surface area (Å²) in [7, 11) is 0.